The van der Waals surface area contributed by atoms with E-state index in [1.54, 1.807) is 44.6 Å². The maximum atomic E-state index is 12.9. The Morgan fingerprint density at radius 1 is 1.28 bits per heavy atom. The second-order valence-electron chi connectivity index (χ2n) is 7.54. The highest BCUT2D eigenvalue weighted by molar-refractivity contribution is 5.92. The minimum Gasteiger partial charge on any atom is -0.464 e. The number of nitrogens with one attached hydrogen (secondary N) is 1. The molecule has 4 rings (SSSR count). The van der Waals surface area contributed by atoms with E-state index in [1.807, 2.05) is 0 Å². The lowest BCUT2D eigenvalue weighted by atomic mass is 9.93. The minimum atomic E-state index is -1.32. The zero-order valence-corrected chi connectivity index (χ0v) is 16.7. The Balaban J connectivity index is 1.59. The van der Waals surface area contributed by atoms with E-state index < -0.39 is 11.5 Å². The summed E-state index contributed by atoms with van der Waals surface area (Å²) in [6.45, 7) is 3.60. The molecule has 0 radical (unpaired) electrons. The van der Waals surface area contributed by atoms with Crippen molar-refractivity contribution < 1.29 is 18.7 Å². The quantitative estimate of drug-likeness (QED) is 0.650. The van der Waals surface area contributed by atoms with E-state index in [-0.39, 0.29) is 18.9 Å². The van der Waals surface area contributed by atoms with Gasteiger partial charge in [-0.2, -0.15) is 0 Å². The number of furan rings is 1. The maximum Gasteiger partial charge on any atom is 0.336 e. The molecule has 1 aliphatic carbocycles. The van der Waals surface area contributed by atoms with Gasteiger partial charge in [0.1, 0.15) is 5.58 Å². The molecule has 1 aliphatic rings. The van der Waals surface area contributed by atoms with E-state index >= 15 is 0 Å². The SMILES string of the molecule is CCOC(=O)C(C)(NC(=O)Cc1coc2cc3c(cc12)CCC3)c1cccnc1. The zero-order valence-electron chi connectivity index (χ0n) is 16.7. The fraction of sp³-hybridized carbons (Fsp3) is 0.348. The first kappa shape index (κ1) is 19.2. The Hall–Kier alpha value is -3.15. The summed E-state index contributed by atoms with van der Waals surface area (Å²) in [5.41, 5.74) is 3.52. The van der Waals surface area contributed by atoms with Gasteiger partial charge in [0.2, 0.25) is 5.91 Å². The molecule has 0 saturated heterocycles. The van der Waals surface area contributed by atoms with Crippen LogP contribution in [0.5, 0.6) is 0 Å². The van der Waals surface area contributed by atoms with Gasteiger partial charge in [-0.1, -0.05) is 6.07 Å². The van der Waals surface area contributed by atoms with E-state index in [9.17, 15) is 9.59 Å². The lowest BCUT2D eigenvalue weighted by molar-refractivity contribution is -0.153. The highest BCUT2D eigenvalue weighted by atomic mass is 16.5. The molecule has 2 aromatic heterocycles. The number of ether oxygens (including phenoxy) is 1. The van der Waals surface area contributed by atoms with Crippen LogP contribution in [-0.4, -0.2) is 23.5 Å². The lowest BCUT2D eigenvalue weighted by Crippen LogP contribution is -2.51. The van der Waals surface area contributed by atoms with E-state index in [1.165, 1.54) is 11.1 Å². The first-order valence-corrected chi connectivity index (χ1v) is 9.92. The van der Waals surface area contributed by atoms with Gasteiger partial charge in [-0.25, -0.2) is 4.79 Å². The fourth-order valence-electron chi connectivity index (χ4n) is 3.96. The Labute approximate surface area is 169 Å². The molecule has 0 spiro atoms. The minimum absolute atomic E-state index is 0.112. The smallest absolute Gasteiger partial charge is 0.336 e. The van der Waals surface area contributed by atoms with Crippen LogP contribution in [-0.2, 0) is 39.1 Å². The van der Waals surface area contributed by atoms with E-state index in [2.05, 4.69) is 22.4 Å². The number of aryl methyl sites for hydroxylation is 2. The average molecular weight is 392 g/mol. The number of fused-ring (bicyclic) bond motifs is 2. The predicted octanol–water partition coefficient (Wildman–Crippen LogP) is 3.45. The molecule has 150 valence electrons. The molecule has 1 atom stereocenters. The number of hydrogen-bond donors (Lipinski definition) is 1. The molecule has 0 saturated carbocycles. The number of benzene rings is 1. The number of esters is 1. The van der Waals surface area contributed by atoms with E-state index in [4.69, 9.17) is 9.15 Å². The van der Waals surface area contributed by atoms with Crippen molar-refractivity contribution in [3.63, 3.8) is 0 Å². The van der Waals surface area contributed by atoms with Gasteiger partial charge in [-0.15, -0.1) is 0 Å². The van der Waals surface area contributed by atoms with Crippen molar-refractivity contribution in [1.29, 1.82) is 0 Å². The van der Waals surface area contributed by atoms with Crippen LogP contribution in [0.1, 0.15) is 42.5 Å². The van der Waals surface area contributed by atoms with Crippen LogP contribution in [0.25, 0.3) is 11.0 Å². The molecule has 0 aliphatic heterocycles. The molecule has 1 amide bonds. The number of hydrogen-bond acceptors (Lipinski definition) is 5. The highest BCUT2D eigenvalue weighted by Gasteiger charge is 2.38. The van der Waals surface area contributed by atoms with E-state index in [0.717, 1.165) is 35.8 Å². The molecule has 1 aromatic carbocycles. The molecule has 3 aromatic rings. The molecular weight excluding hydrogens is 368 g/mol. The van der Waals surface area contributed by atoms with Gasteiger partial charge >= 0.3 is 5.97 Å². The van der Waals surface area contributed by atoms with Gasteiger partial charge in [-0.05, 0) is 62.4 Å². The predicted molar refractivity (Wildman–Crippen MR) is 108 cm³/mol. The highest BCUT2D eigenvalue weighted by Crippen LogP contribution is 2.31. The van der Waals surface area contributed by atoms with Crippen LogP contribution in [0.15, 0.2) is 47.3 Å². The molecule has 6 heteroatoms. The molecular formula is C23H24N2O4. The molecule has 2 heterocycles. The number of rotatable bonds is 6. The standard InChI is InChI=1S/C23H24N2O4/c1-3-28-22(27)23(2,18-8-5-9-24-13-18)25-21(26)12-17-14-29-20-11-16-7-4-6-15(16)10-19(17)20/h5,8-11,13-14H,3-4,6-7,12H2,1-2H3,(H,25,26). The number of pyridine rings is 1. The Kier molecular flexibility index (Phi) is 5.09. The van der Waals surface area contributed by atoms with Gasteiger partial charge < -0.3 is 14.5 Å². The zero-order chi connectivity index (χ0) is 20.4. The summed E-state index contributed by atoms with van der Waals surface area (Å²) >= 11 is 0. The van der Waals surface area contributed by atoms with Crippen molar-refractivity contribution in [2.75, 3.05) is 6.61 Å². The number of aromatic nitrogens is 1. The second kappa shape index (κ2) is 7.70. The van der Waals surface area contributed by atoms with Crippen molar-refractivity contribution in [2.24, 2.45) is 0 Å². The van der Waals surface area contributed by atoms with Crippen molar-refractivity contribution in [1.82, 2.24) is 10.3 Å². The molecule has 1 N–H and O–H groups in total. The summed E-state index contributed by atoms with van der Waals surface area (Å²) in [7, 11) is 0. The third kappa shape index (κ3) is 3.62. The number of nitrogens with zero attached hydrogens (tertiary/aromatic N) is 1. The van der Waals surface area contributed by atoms with E-state index in [0.29, 0.717) is 5.56 Å². The van der Waals surface area contributed by atoms with Gasteiger partial charge in [0.05, 0.1) is 19.3 Å². The summed E-state index contributed by atoms with van der Waals surface area (Å²) in [6.07, 6.45) is 8.21. The van der Waals surface area contributed by atoms with Crippen LogP contribution in [0.3, 0.4) is 0 Å². The van der Waals surface area contributed by atoms with Crippen LogP contribution >= 0.6 is 0 Å². The first-order valence-electron chi connectivity index (χ1n) is 9.92. The first-order chi connectivity index (χ1) is 14.0. The Morgan fingerprint density at radius 3 is 2.79 bits per heavy atom. The van der Waals surface area contributed by atoms with Crippen LogP contribution in [0.2, 0.25) is 0 Å². The summed E-state index contributed by atoms with van der Waals surface area (Å²) in [5, 5.41) is 3.81. The normalized spacial score (nSPS) is 15.0. The third-order valence-electron chi connectivity index (χ3n) is 5.53. The monoisotopic (exact) mass is 392 g/mol. The second-order valence-corrected chi connectivity index (χ2v) is 7.54. The number of amides is 1. The molecule has 29 heavy (non-hydrogen) atoms. The molecule has 1 unspecified atom stereocenters. The fourth-order valence-corrected chi connectivity index (χ4v) is 3.96. The van der Waals surface area contributed by atoms with Crippen molar-refractivity contribution in [3.05, 3.63) is 65.2 Å². The average Bonchev–Trinajstić information content (AvgIpc) is 3.33. The topological polar surface area (TPSA) is 81.4 Å². The summed E-state index contributed by atoms with van der Waals surface area (Å²) in [6, 6.07) is 7.69. The third-order valence-corrected chi connectivity index (χ3v) is 5.53. The van der Waals surface area contributed by atoms with Crippen molar-refractivity contribution >= 4 is 22.8 Å². The van der Waals surface area contributed by atoms with Crippen molar-refractivity contribution in [3.8, 4) is 0 Å². The van der Waals surface area contributed by atoms with Crippen LogP contribution < -0.4 is 5.32 Å². The number of carbonyl (C=O) groups excluding carboxylic acids is 2. The molecule has 0 fully saturated rings. The summed E-state index contributed by atoms with van der Waals surface area (Å²) < 4.78 is 10.9. The maximum absolute atomic E-state index is 12.9. The lowest BCUT2D eigenvalue weighted by Gasteiger charge is -2.28. The number of carbonyl (C=O) groups is 2. The van der Waals surface area contributed by atoms with Gasteiger partial charge in [0.15, 0.2) is 5.54 Å². The van der Waals surface area contributed by atoms with Gasteiger partial charge in [0, 0.05) is 28.9 Å². The van der Waals surface area contributed by atoms with Crippen molar-refractivity contribution in [2.45, 2.75) is 45.1 Å². The Bertz CT molecular complexity index is 1060. The van der Waals surface area contributed by atoms with Crippen LogP contribution in [0, 0.1) is 0 Å². The Morgan fingerprint density at radius 2 is 2.07 bits per heavy atom. The summed E-state index contributed by atoms with van der Waals surface area (Å²) in [4.78, 5) is 29.6. The van der Waals surface area contributed by atoms with Gasteiger partial charge in [0.25, 0.3) is 0 Å². The summed E-state index contributed by atoms with van der Waals surface area (Å²) in [5.74, 6) is -0.802. The van der Waals surface area contributed by atoms with Crippen LogP contribution in [0.4, 0.5) is 0 Å². The van der Waals surface area contributed by atoms with Gasteiger partial charge in [-0.3, -0.25) is 9.78 Å². The largest absolute Gasteiger partial charge is 0.464 e. The molecule has 0 bridgehead atoms. The molecule has 6 nitrogen and oxygen atoms in total.